The third kappa shape index (κ3) is 29.6. The third-order valence-corrected chi connectivity index (χ3v) is 29.9. The number of hydrogen-bond acceptors (Lipinski definition) is 22. The monoisotopic (exact) mass is 2220 g/mol. The van der Waals surface area contributed by atoms with Crippen LogP contribution in [0.15, 0.2) is 113 Å². The van der Waals surface area contributed by atoms with Crippen LogP contribution < -0.4 is 51.7 Å². The van der Waals surface area contributed by atoms with E-state index in [0.717, 1.165) is 121 Å². The van der Waals surface area contributed by atoms with Gasteiger partial charge in [0.15, 0.2) is 0 Å². The van der Waals surface area contributed by atoms with Crippen molar-refractivity contribution in [1.82, 2.24) is 65.4 Å². The molecule has 10 aromatic heterocycles. The van der Waals surface area contributed by atoms with Crippen molar-refractivity contribution in [1.29, 1.82) is 0 Å². The van der Waals surface area contributed by atoms with Crippen LogP contribution in [0, 0.1) is 55.4 Å². The molecular weight excluding hydrogens is 2100 g/mol. The molecule has 0 bridgehead atoms. The van der Waals surface area contributed by atoms with E-state index in [1.165, 1.54) is 56.6 Å². The summed E-state index contributed by atoms with van der Waals surface area (Å²) in [5.74, 6) is -1.76. The Morgan fingerprint density at radius 2 is 0.687 bits per heavy atom. The molecule has 732 valence electrons. The number of pyridine rings is 6. The number of nitrogens with one attached hydrogen (secondary N) is 3. The summed E-state index contributed by atoms with van der Waals surface area (Å²) < 4.78 is 117. The summed E-state index contributed by atoms with van der Waals surface area (Å²) in [6, 6.07) is 19.2. The van der Waals surface area contributed by atoms with Gasteiger partial charge in [-0.25, -0.2) is 48.1 Å². The van der Waals surface area contributed by atoms with Gasteiger partial charge in [0.1, 0.15) is 0 Å². The van der Waals surface area contributed by atoms with Crippen LogP contribution in [0.1, 0.15) is 219 Å². The molecule has 4 aliphatic heterocycles. The number of nitrogens with two attached hydrogens (primary N) is 1. The molecule has 7 N–H and O–H groups in total. The maximum atomic E-state index is 13.4. The van der Waals surface area contributed by atoms with Crippen LogP contribution in [0.4, 0.5) is 0 Å². The smallest absolute Gasteiger partial charge is 0.870 e. The molecule has 14 heterocycles. The number of halogens is 5. The van der Waals surface area contributed by atoms with Gasteiger partial charge in [-0.1, -0.05) is 6.42 Å². The number of hydrogen-bond donors (Lipinski definition) is 5. The molecule has 4 saturated heterocycles. The first-order valence-corrected chi connectivity index (χ1v) is 54.9. The Balaban J connectivity index is 0.000000231. The average Bonchev–Trinajstić information content (AvgIpc) is 1.57. The molecule has 134 heavy (non-hydrogen) atoms. The first-order valence-electron chi connectivity index (χ1n) is 43.5. The molecule has 0 aliphatic carbocycles. The maximum Gasteiger partial charge on any atom is 1.00 e. The number of amides is 1. The van der Waals surface area contributed by atoms with Crippen molar-refractivity contribution < 1.29 is 102 Å². The number of fused-ring (bicyclic) bond motifs is 4. The number of aromatic nitrogens is 6. The first kappa shape index (κ1) is 114. The van der Waals surface area contributed by atoms with E-state index in [0.29, 0.717) is 118 Å². The van der Waals surface area contributed by atoms with Gasteiger partial charge in [-0.2, -0.15) is 12.9 Å². The third-order valence-electron chi connectivity index (χ3n) is 24.2. The number of rotatable bonds is 20. The average molecular weight is 2220 g/mol. The number of sulfonamides is 3. The van der Waals surface area contributed by atoms with Gasteiger partial charge in [-0.05, 0) is 294 Å². The summed E-state index contributed by atoms with van der Waals surface area (Å²) in [4.78, 5) is 88.6. The number of carboxylic acid groups (broad SMARTS) is 1. The number of aromatic amines is 2. The van der Waals surface area contributed by atoms with E-state index in [4.69, 9.17) is 15.2 Å². The molecule has 33 nitrogen and oxygen atoms in total. The number of carbonyl (C=O) groups is 4. The minimum absolute atomic E-state index is 0. The predicted molar refractivity (Wildman–Crippen MR) is 535 cm³/mol. The van der Waals surface area contributed by atoms with Gasteiger partial charge < -0.3 is 58.7 Å². The van der Waals surface area contributed by atoms with Crippen LogP contribution in [0.25, 0.3) is 22.1 Å². The Bertz CT molecular complexity index is 6530. The van der Waals surface area contributed by atoms with E-state index in [1.807, 2.05) is 162 Å². The maximum absolute atomic E-state index is 13.4. The van der Waals surface area contributed by atoms with Crippen molar-refractivity contribution in [2.24, 2.45) is 5.73 Å². The van der Waals surface area contributed by atoms with Gasteiger partial charge in [0.2, 0.25) is 39.1 Å². The molecule has 0 radical (unpaired) electrons. The second-order valence-electron chi connectivity index (χ2n) is 34.6. The summed E-state index contributed by atoms with van der Waals surface area (Å²) >= 11 is 14.1. The zero-order valence-corrected chi connectivity index (χ0v) is 92.3. The molecule has 43 heteroatoms. The van der Waals surface area contributed by atoms with Crippen molar-refractivity contribution in [3.8, 4) is 0 Å². The minimum atomic E-state index is -3.22. The topological polar surface area (TPSA) is 418 Å². The normalized spacial score (nSPS) is 16.3. The van der Waals surface area contributed by atoms with E-state index < -0.39 is 45.1 Å². The van der Waals surface area contributed by atoms with Gasteiger partial charge in [0, 0.05) is 242 Å². The fourth-order valence-electron chi connectivity index (χ4n) is 17.6. The summed E-state index contributed by atoms with van der Waals surface area (Å²) in [7, 11) is -8.26. The van der Waals surface area contributed by atoms with Crippen LogP contribution in [0.2, 0.25) is 0 Å². The molecule has 4 fully saturated rings. The molecule has 14 rings (SSSR count). The standard InChI is InChI=1S/C25H32BrN5O4S.C20H28BrN3O4S.C20H27BrN2O2.C17H22BrN3O4S.C8H12N2O.CH3ClO2S.Na.H2O/c1-15-10-16(2)28-25(33)22(15)13-27-24(32)21-12-20-11-19(26)14-31(20)23(17(21)3)18(4)29-6-8-30(9-7-29)36(5,34)35;1-13(2)28-20(25)18-11-17-10-16(21)12-24(17)19(14(18)3)15(4)22-6-8-23(9-7-22)29(5,26)27;1-13(2)25-20(24)18-11-17-10-16(21)12-23(17)19(14(18)3)15(4)22-8-6-5-7-9-22;1-11-15(17(22)23)9-14-8-13(18)10-21(14)16(11)12(2)19-4-6-20(7-5-19)26(3,24)25;1-5-3-6(2)10-8(11)7(5)4-9;1-5(2,3)4;;/h10-12,14,18H,6-9,13H2,1-5H3,(H,27,32)(H,28,33);10-13,15H,6-9H2,1-5H3;10-13,15H,5-9H2,1-4H3;8-10,12H,4-7H2,1-3H3,(H,22,23);3H,4,9H2,1-2H3,(H,10,11);1H3;;1H2/q;;;;;;+1;/p-1. The quantitative estimate of drug-likeness (QED) is 0.0269. The van der Waals surface area contributed by atoms with Crippen molar-refractivity contribution in [2.75, 3.05) is 117 Å². The summed E-state index contributed by atoms with van der Waals surface area (Å²) in [5.41, 5.74) is 23.0. The zero-order chi connectivity index (χ0) is 98.2. The Labute approximate surface area is 846 Å². The SMILES string of the molecule is CS(=O)(=O)Cl.Cc1c(C(=O)O)cc2cc(Br)cn2c1C(C)N1CCN(S(C)(=O)=O)CC1.Cc1c(C(=O)OC(C)C)cc2cc(Br)cn2c1C(C)N1CCCCC1.Cc1c(C(=O)OC(C)C)cc2cc(Br)cn2c1C(C)N1CCN(S(C)(=O)=O)CC1.Cc1cc(C)c(CN)c(=O)[nH]1.Cc1cc(C)c(CNC(=O)c2cc3cc(Br)cn3c(C(C)N3CCN(S(C)(=O)=O)CC3)c2C)c(=O)[nH]1.[Na+].[OH-]. The van der Waals surface area contributed by atoms with Gasteiger partial charge in [0.25, 0.3) is 17.0 Å². The number of piperazine rings is 3. The molecule has 4 atom stereocenters. The Hall–Kier alpha value is -6.53. The predicted octanol–water partition coefficient (Wildman–Crippen LogP) is 11.0. The molecule has 10 aromatic rings. The number of H-pyrrole nitrogens is 2. The van der Waals surface area contributed by atoms with Crippen LogP contribution in [0.3, 0.4) is 0 Å². The number of ether oxygens (including phenoxy) is 2. The van der Waals surface area contributed by atoms with Crippen LogP contribution in [-0.2, 0) is 61.7 Å². The second-order valence-corrected chi connectivity index (χ2v) is 47.3. The number of esters is 2. The van der Waals surface area contributed by atoms with Gasteiger partial charge >= 0.3 is 47.5 Å². The molecule has 1 amide bonds. The Morgan fingerprint density at radius 3 is 0.955 bits per heavy atom. The zero-order valence-electron chi connectivity index (χ0n) is 79.9. The number of aromatic carboxylic acids is 1. The molecule has 0 spiro atoms. The van der Waals surface area contributed by atoms with E-state index in [1.54, 1.807) is 6.07 Å². The minimum Gasteiger partial charge on any atom is -0.870 e. The van der Waals surface area contributed by atoms with E-state index >= 15 is 0 Å². The number of piperidine rings is 1. The van der Waals surface area contributed by atoms with Crippen molar-refractivity contribution in [3.63, 3.8) is 0 Å². The van der Waals surface area contributed by atoms with Gasteiger partial charge in [-0.15, -0.1) is 0 Å². The fourth-order valence-corrected chi connectivity index (χ4v) is 21.9. The van der Waals surface area contributed by atoms with Gasteiger partial charge in [0.05, 0.1) is 53.9 Å². The van der Waals surface area contributed by atoms with Crippen LogP contribution in [-0.4, -0.2) is 257 Å². The number of carbonyl (C=O) groups excluding carboxylic acids is 3. The van der Waals surface area contributed by atoms with Crippen molar-refractivity contribution >= 4 is 159 Å². The molecule has 0 saturated carbocycles. The molecule has 0 aromatic carbocycles. The van der Waals surface area contributed by atoms with Gasteiger partial charge in [-0.3, -0.25) is 34.0 Å². The number of nitrogens with zero attached hydrogens (tertiary/aromatic N) is 11. The fraction of sp³-hybridized carbons (Fsp3) is 0.495. The van der Waals surface area contributed by atoms with Crippen molar-refractivity contribution in [2.45, 2.75) is 180 Å². The number of aryl methyl sites for hydroxylation is 4. The van der Waals surface area contributed by atoms with E-state index in [9.17, 15) is 67.5 Å². The second kappa shape index (κ2) is 48.6. The number of likely N-dealkylation sites (tertiary alicyclic amines) is 1. The molecule has 4 aliphatic rings. The summed E-state index contributed by atoms with van der Waals surface area (Å²) in [5, 5.41) is 12.5. The van der Waals surface area contributed by atoms with Crippen LogP contribution in [0.5, 0.6) is 0 Å². The summed E-state index contributed by atoms with van der Waals surface area (Å²) in [6.07, 6.45) is 16.2. The first-order chi connectivity index (χ1) is 61.5. The largest absolute Gasteiger partial charge is 1.00 e. The van der Waals surface area contributed by atoms with Crippen LogP contribution >= 0.6 is 74.4 Å². The molecule has 4 unspecified atom stereocenters. The Morgan fingerprint density at radius 1 is 0.425 bits per heavy atom. The number of carboxylic acids is 1. The van der Waals surface area contributed by atoms with Crippen molar-refractivity contribution in [3.05, 3.63) is 225 Å². The van der Waals surface area contributed by atoms with E-state index in [-0.39, 0.29) is 107 Å². The molecular formula is C91H125Br4ClN15NaO18S4. The van der Waals surface area contributed by atoms with E-state index in [2.05, 4.69) is 156 Å². The summed E-state index contributed by atoms with van der Waals surface area (Å²) in [6.45, 7) is 40.2. The Kier molecular flexibility index (Phi) is 41.5.